The number of hydrogen-bond donors (Lipinski definition) is 0. The van der Waals surface area contributed by atoms with Crippen LogP contribution in [-0.2, 0) is 25.6 Å². The fourth-order valence-corrected chi connectivity index (χ4v) is 3.88. The van der Waals surface area contributed by atoms with Crippen LogP contribution in [0.1, 0.15) is 26.3 Å². The maximum absolute atomic E-state index is 12.6. The van der Waals surface area contributed by atoms with Crippen molar-refractivity contribution in [1.82, 2.24) is 4.90 Å². The number of carbonyl (C=O) groups is 1. The number of benzene rings is 1. The Hall–Kier alpha value is -1.63. The van der Waals surface area contributed by atoms with E-state index >= 15 is 0 Å². The third-order valence-electron chi connectivity index (χ3n) is 4.90. The predicted molar refractivity (Wildman–Crippen MR) is 85.0 cm³/mol. The van der Waals surface area contributed by atoms with Crippen LogP contribution in [0, 0.1) is 5.92 Å². The van der Waals surface area contributed by atoms with Gasteiger partial charge in [0.05, 0.1) is 12.1 Å². The van der Waals surface area contributed by atoms with Crippen molar-refractivity contribution in [3.05, 3.63) is 35.9 Å². The summed E-state index contributed by atoms with van der Waals surface area (Å²) in [5.74, 6) is -0.466. The first kappa shape index (κ1) is 15.9. The molecule has 1 aromatic rings. The van der Waals surface area contributed by atoms with Crippen molar-refractivity contribution in [3.63, 3.8) is 0 Å². The second-order valence-corrected chi connectivity index (χ2v) is 7.23. The van der Waals surface area contributed by atoms with E-state index in [1.807, 2.05) is 44.2 Å². The van der Waals surface area contributed by atoms with E-state index in [-0.39, 0.29) is 36.9 Å². The highest BCUT2D eigenvalue weighted by molar-refractivity contribution is 5.69. The molecule has 0 unspecified atom stereocenters. The van der Waals surface area contributed by atoms with E-state index in [1.165, 1.54) is 0 Å². The molecule has 3 fully saturated rings. The molecule has 0 aliphatic carbocycles. The van der Waals surface area contributed by atoms with E-state index in [9.17, 15) is 4.79 Å². The zero-order chi connectivity index (χ0) is 16.9. The van der Waals surface area contributed by atoms with Crippen molar-refractivity contribution in [1.29, 1.82) is 0 Å². The number of ether oxygens (including phenoxy) is 4. The van der Waals surface area contributed by atoms with Gasteiger partial charge in [0.1, 0.15) is 12.7 Å². The number of likely N-dealkylation sites (tertiary alicyclic amines) is 1. The average molecular weight is 333 g/mol. The van der Waals surface area contributed by atoms with Gasteiger partial charge >= 0.3 is 6.09 Å². The summed E-state index contributed by atoms with van der Waals surface area (Å²) in [7, 11) is 0. The lowest BCUT2D eigenvalue weighted by Crippen LogP contribution is -2.46. The lowest BCUT2D eigenvalue weighted by atomic mass is 10.0. The highest BCUT2D eigenvalue weighted by atomic mass is 16.8. The highest BCUT2D eigenvalue weighted by Crippen LogP contribution is 2.44. The summed E-state index contributed by atoms with van der Waals surface area (Å²) >= 11 is 0. The highest BCUT2D eigenvalue weighted by Gasteiger charge is 2.61. The van der Waals surface area contributed by atoms with Gasteiger partial charge in [-0.2, -0.15) is 0 Å². The van der Waals surface area contributed by atoms with E-state index in [0.29, 0.717) is 6.54 Å². The lowest BCUT2D eigenvalue weighted by Gasteiger charge is -2.27. The molecule has 3 aliphatic heterocycles. The minimum atomic E-state index is -0.689. The Morgan fingerprint density at radius 1 is 1.25 bits per heavy atom. The average Bonchev–Trinajstić information content (AvgIpc) is 3.14. The molecule has 5 atom stereocenters. The first-order chi connectivity index (χ1) is 11.4. The second kappa shape index (κ2) is 5.72. The zero-order valence-electron chi connectivity index (χ0n) is 14.2. The molecule has 4 rings (SSSR count). The summed E-state index contributed by atoms with van der Waals surface area (Å²) in [6.07, 6.45) is -1.07. The van der Waals surface area contributed by atoms with Gasteiger partial charge in [0.2, 0.25) is 0 Å². The van der Waals surface area contributed by atoms with E-state index < -0.39 is 12.1 Å². The van der Waals surface area contributed by atoms with Crippen molar-refractivity contribution >= 4 is 6.09 Å². The summed E-state index contributed by atoms with van der Waals surface area (Å²) in [6.45, 7) is 6.67. The van der Waals surface area contributed by atoms with Crippen molar-refractivity contribution in [2.75, 3.05) is 6.54 Å². The van der Waals surface area contributed by atoms with E-state index in [1.54, 1.807) is 4.90 Å². The summed E-state index contributed by atoms with van der Waals surface area (Å²) < 4.78 is 23.3. The quantitative estimate of drug-likeness (QED) is 0.832. The SMILES string of the molecule is C[C@@H]1CN(C(=O)OCc2ccccc2)[C@@H]2[C@H]3OC(C)(C)O[C@H]3O[C@@H]21. The van der Waals surface area contributed by atoms with Crippen molar-refractivity contribution in [3.8, 4) is 0 Å². The molecule has 1 amide bonds. The van der Waals surface area contributed by atoms with Crippen molar-refractivity contribution in [2.24, 2.45) is 5.92 Å². The Kier molecular flexibility index (Phi) is 3.78. The molecule has 0 bridgehead atoms. The molecule has 6 nitrogen and oxygen atoms in total. The molecule has 3 saturated heterocycles. The molecule has 0 aromatic heterocycles. The summed E-state index contributed by atoms with van der Waals surface area (Å²) in [6, 6.07) is 9.51. The number of hydrogen-bond acceptors (Lipinski definition) is 5. The largest absolute Gasteiger partial charge is 0.445 e. The van der Waals surface area contributed by atoms with Gasteiger partial charge in [0, 0.05) is 12.5 Å². The summed E-state index contributed by atoms with van der Waals surface area (Å²) in [5, 5.41) is 0. The lowest BCUT2D eigenvalue weighted by molar-refractivity contribution is -0.209. The van der Waals surface area contributed by atoms with Crippen LogP contribution in [0.2, 0.25) is 0 Å². The third kappa shape index (κ3) is 2.68. The molecule has 0 saturated carbocycles. The number of rotatable bonds is 2. The molecule has 0 spiro atoms. The van der Waals surface area contributed by atoms with Crippen LogP contribution in [0.15, 0.2) is 30.3 Å². The predicted octanol–water partition coefficient (Wildman–Crippen LogP) is 2.52. The first-order valence-corrected chi connectivity index (χ1v) is 8.43. The molecule has 3 aliphatic rings. The smallest absolute Gasteiger partial charge is 0.410 e. The molecular formula is C18H23NO5. The molecule has 3 heterocycles. The van der Waals surface area contributed by atoms with E-state index in [2.05, 4.69) is 6.92 Å². The molecule has 0 radical (unpaired) electrons. The Morgan fingerprint density at radius 3 is 2.75 bits per heavy atom. The van der Waals surface area contributed by atoms with Crippen LogP contribution in [-0.4, -0.2) is 47.9 Å². The maximum atomic E-state index is 12.6. The van der Waals surface area contributed by atoms with Crippen molar-refractivity contribution < 1.29 is 23.7 Å². The fourth-order valence-electron chi connectivity index (χ4n) is 3.88. The molecular weight excluding hydrogens is 310 g/mol. The van der Waals surface area contributed by atoms with Gasteiger partial charge in [0.15, 0.2) is 12.1 Å². The van der Waals surface area contributed by atoms with Gasteiger partial charge < -0.3 is 18.9 Å². The van der Waals surface area contributed by atoms with Gasteiger partial charge in [-0.15, -0.1) is 0 Å². The standard InChI is InChI=1S/C18H23NO5/c1-11-9-19(17(20)21-10-12-7-5-4-6-8-12)13-14(11)22-16-15(13)23-18(2,3)24-16/h4-8,11,13-16H,9-10H2,1-3H3/t11-,13+,14-,15-,16-/m1/s1. The number of amides is 1. The molecule has 1 aromatic carbocycles. The molecule has 6 heteroatoms. The third-order valence-corrected chi connectivity index (χ3v) is 4.90. The monoisotopic (exact) mass is 333 g/mol. The van der Waals surface area contributed by atoms with E-state index in [4.69, 9.17) is 18.9 Å². The van der Waals surface area contributed by atoms with Gasteiger partial charge in [-0.05, 0) is 19.4 Å². The molecule has 130 valence electrons. The van der Waals surface area contributed by atoms with Gasteiger partial charge in [-0.25, -0.2) is 4.79 Å². The number of nitrogens with zero attached hydrogens (tertiary/aromatic N) is 1. The van der Waals surface area contributed by atoms with Crippen molar-refractivity contribution in [2.45, 2.75) is 57.7 Å². The molecule has 24 heavy (non-hydrogen) atoms. The molecule has 0 N–H and O–H groups in total. The Bertz CT molecular complexity index is 619. The Morgan fingerprint density at radius 2 is 2.00 bits per heavy atom. The first-order valence-electron chi connectivity index (χ1n) is 8.43. The minimum Gasteiger partial charge on any atom is -0.445 e. The summed E-state index contributed by atoms with van der Waals surface area (Å²) in [5.41, 5.74) is 0.969. The van der Waals surface area contributed by atoms with E-state index in [0.717, 1.165) is 5.56 Å². The maximum Gasteiger partial charge on any atom is 0.410 e. The zero-order valence-corrected chi connectivity index (χ0v) is 14.2. The van der Waals surface area contributed by atoms with Gasteiger partial charge in [-0.1, -0.05) is 37.3 Å². The van der Waals surface area contributed by atoms with Crippen LogP contribution in [0.25, 0.3) is 0 Å². The van der Waals surface area contributed by atoms with Crippen LogP contribution in [0.5, 0.6) is 0 Å². The van der Waals surface area contributed by atoms with Crippen LogP contribution < -0.4 is 0 Å². The second-order valence-electron chi connectivity index (χ2n) is 7.23. The van der Waals surface area contributed by atoms with Crippen LogP contribution in [0.3, 0.4) is 0 Å². The van der Waals surface area contributed by atoms with Crippen LogP contribution >= 0.6 is 0 Å². The Labute approximate surface area is 141 Å². The fraction of sp³-hybridized carbons (Fsp3) is 0.611. The normalized spacial score (nSPS) is 36.5. The minimum absolute atomic E-state index is 0.0691. The summed E-state index contributed by atoms with van der Waals surface area (Å²) in [4.78, 5) is 14.4. The van der Waals surface area contributed by atoms with Gasteiger partial charge in [-0.3, -0.25) is 4.90 Å². The topological polar surface area (TPSA) is 57.2 Å². The Balaban J connectivity index is 1.46. The number of carbonyl (C=O) groups excluding carboxylic acids is 1. The van der Waals surface area contributed by atoms with Crippen LogP contribution in [0.4, 0.5) is 4.79 Å². The number of fused-ring (bicyclic) bond motifs is 3. The van der Waals surface area contributed by atoms with Gasteiger partial charge in [0.25, 0.3) is 0 Å².